The van der Waals surface area contributed by atoms with E-state index in [9.17, 15) is 0 Å². The van der Waals surface area contributed by atoms with Gasteiger partial charge in [-0.2, -0.15) is 0 Å². The minimum atomic E-state index is 1.13. The van der Waals surface area contributed by atoms with Crippen LogP contribution in [0.25, 0.3) is 10.9 Å². The SMILES string of the molecule is Cc1cc(C)c2c(CCN3CCNCC3)cn(C)c2c1. The number of aryl methyl sites for hydroxylation is 3. The lowest BCUT2D eigenvalue weighted by molar-refractivity contribution is 0.244. The van der Waals surface area contributed by atoms with Crippen LogP contribution in [0.3, 0.4) is 0 Å². The van der Waals surface area contributed by atoms with E-state index in [0.717, 1.165) is 19.5 Å². The van der Waals surface area contributed by atoms with E-state index in [-0.39, 0.29) is 0 Å². The Hall–Kier alpha value is -1.32. The number of rotatable bonds is 3. The van der Waals surface area contributed by atoms with Crippen LogP contribution < -0.4 is 5.32 Å². The van der Waals surface area contributed by atoms with Crippen LogP contribution in [0.1, 0.15) is 16.7 Å². The lowest BCUT2D eigenvalue weighted by atomic mass is 10.0. The molecule has 1 aromatic carbocycles. The Kier molecular flexibility index (Phi) is 3.81. The molecule has 0 radical (unpaired) electrons. The molecule has 20 heavy (non-hydrogen) atoms. The maximum atomic E-state index is 3.42. The maximum Gasteiger partial charge on any atom is 0.0485 e. The highest BCUT2D eigenvalue weighted by atomic mass is 15.2. The number of hydrogen-bond donors (Lipinski definition) is 1. The summed E-state index contributed by atoms with van der Waals surface area (Å²) in [6, 6.07) is 4.60. The second-order valence-electron chi connectivity index (χ2n) is 6.08. The normalized spacial score (nSPS) is 16.9. The van der Waals surface area contributed by atoms with Crippen molar-refractivity contribution in [1.82, 2.24) is 14.8 Å². The molecule has 2 heterocycles. The van der Waals surface area contributed by atoms with Crippen LogP contribution >= 0.6 is 0 Å². The molecule has 2 aromatic rings. The average Bonchev–Trinajstić information content (AvgIpc) is 2.75. The lowest BCUT2D eigenvalue weighted by Crippen LogP contribution is -2.44. The zero-order valence-corrected chi connectivity index (χ0v) is 12.9. The largest absolute Gasteiger partial charge is 0.350 e. The van der Waals surface area contributed by atoms with Gasteiger partial charge in [-0.3, -0.25) is 0 Å². The van der Waals surface area contributed by atoms with E-state index >= 15 is 0 Å². The molecule has 3 nitrogen and oxygen atoms in total. The van der Waals surface area contributed by atoms with Gasteiger partial charge in [-0.05, 0) is 43.0 Å². The van der Waals surface area contributed by atoms with Gasteiger partial charge in [0.2, 0.25) is 0 Å². The van der Waals surface area contributed by atoms with Gasteiger partial charge < -0.3 is 14.8 Å². The molecule has 1 fully saturated rings. The summed E-state index contributed by atoms with van der Waals surface area (Å²) in [7, 11) is 2.16. The third kappa shape index (κ3) is 2.60. The first-order valence-corrected chi connectivity index (χ1v) is 7.63. The molecule has 0 bridgehead atoms. The van der Waals surface area contributed by atoms with Gasteiger partial charge in [-0.15, -0.1) is 0 Å². The molecule has 108 valence electrons. The number of nitrogens with zero attached hydrogens (tertiary/aromatic N) is 2. The Morgan fingerprint density at radius 2 is 1.90 bits per heavy atom. The summed E-state index contributed by atoms with van der Waals surface area (Å²) in [6.45, 7) is 10.2. The summed E-state index contributed by atoms with van der Waals surface area (Å²) < 4.78 is 2.28. The molecular formula is C17H25N3. The Bertz CT molecular complexity index is 606. The fourth-order valence-electron chi connectivity index (χ4n) is 3.41. The average molecular weight is 271 g/mol. The van der Waals surface area contributed by atoms with Gasteiger partial charge in [0.05, 0.1) is 0 Å². The van der Waals surface area contributed by atoms with Crippen LogP contribution in [0, 0.1) is 13.8 Å². The molecule has 0 saturated carbocycles. The summed E-state index contributed by atoms with van der Waals surface area (Å²) in [6.07, 6.45) is 3.47. The van der Waals surface area contributed by atoms with Crippen molar-refractivity contribution in [2.45, 2.75) is 20.3 Å². The highest BCUT2D eigenvalue weighted by molar-refractivity contribution is 5.87. The standard InChI is InChI=1S/C17H25N3/c1-13-10-14(2)17-15(12-19(3)16(17)11-13)4-7-20-8-5-18-6-9-20/h10-12,18H,4-9H2,1-3H3. The Balaban J connectivity index is 1.84. The van der Waals surface area contributed by atoms with E-state index < -0.39 is 0 Å². The van der Waals surface area contributed by atoms with Crippen LogP contribution in [0.15, 0.2) is 18.3 Å². The van der Waals surface area contributed by atoms with Crippen molar-refractivity contribution in [2.24, 2.45) is 7.05 Å². The van der Waals surface area contributed by atoms with E-state index in [2.05, 4.69) is 54.0 Å². The molecule has 3 rings (SSSR count). The molecule has 0 aliphatic carbocycles. The fourth-order valence-corrected chi connectivity index (χ4v) is 3.41. The van der Waals surface area contributed by atoms with Crippen molar-refractivity contribution >= 4 is 10.9 Å². The number of fused-ring (bicyclic) bond motifs is 1. The van der Waals surface area contributed by atoms with E-state index in [0.29, 0.717) is 0 Å². The number of piperazine rings is 1. The van der Waals surface area contributed by atoms with Gasteiger partial charge in [0.1, 0.15) is 0 Å². The monoisotopic (exact) mass is 271 g/mol. The second-order valence-corrected chi connectivity index (χ2v) is 6.08. The highest BCUT2D eigenvalue weighted by Gasteiger charge is 2.13. The summed E-state index contributed by atoms with van der Waals surface area (Å²) in [5, 5.41) is 4.88. The smallest absolute Gasteiger partial charge is 0.0485 e. The second kappa shape index (κ2) is 5.58. The number of aromatic nitrogens is 1. The molecule has 0 amide bonds. The topological polar surface area (TPSA) is 20.2 Å². The number of hydrogen-bond acceptors (Lipinski definition) is 2. The van der Waals surface area contributed by atoms with Crippen molar-refractivity contribution in [3.63, 3.8) is 0 Å². The maximum absolute atomic E-state index is 3.42. The quantitative estimate of drug-likeness (QED) is 0.924. The summed E-state index contributed by atoms with van der Waals surface area (Å²) >= 11 is 0. The number of benzene rings is 1. The predicted molar refractivity (Wildman–Crippen MR) is 85.4 cm³/mol. The molecule has 1 aliphatic rings. The Labute approximate surface area is 121 Å². The first-order chi connectivity index (χ1) is 9.65. The van der Waals surface area contributed by atoms with Gasteiger partial charge >= 0.3 is 0 Å². The lowest BCUT2D eigenvalue weighted by Gasteiger charge is -2.27. The molecule has 0 unspecified atom stereocenters. The van der Waals surface area contributed by atoms with Crippen LogP contribution in [0.2, 0.25) is 0 Å². The van der Waals surface area contributed by atoms with Crippen molar-refractivity contribution < 1.29 is 0 Å². The molecular weight excluding hydrogens is 246 g/mol. The zero-order valence-electron chi connectivity index (χ0n) is 12.9. The van der Waals surface area contributed by atoms with Crippen LogP contribution in [-0.4, -0.2) is 42.2 Å². The van der Waals surface area contributed by atoms with Crippen molar-refractivity contribution in [3.05, 3.63) is 35.0 Å². The highest BCUT2D eigenvalue weighted by Crippen LogP contribution is 2.26. The Morgan fingerprint density at radius 1 is 1.15 bits per heavy atom. The minimum absolute atomic E-state index is 1.13. The first-order valence-electron chi connectivity index (χ1n) is 7.63. The van der Waals surface area contributed by atoms with E-state index in [1.165, 1.54) is 47.2 Å². The molecule has 1 saturated heterocycles. The van der Waals surface area contributed by atoms with Gasteiger partial charge in [0, 0.05) is 56.9 Å². The molecule has 1 aliphatic heterocycles. The van der Waals surface area contributed by atoms with E-state index in [4.69, 9.17) is 0 Å². The third-order valence-electron chi connectivity index (χ3n) is 4.42. The summed E-state index contributed by atoms with van der Waals surface area (Å²) in [5.74, 6) is 0. The van der Waals surface area contributed by atoms with Gasteiger partial charge in [-0.25, -0.2) is 0 Å². The van der Waals surface area contributed by atoms with Crippen molar-refractivity contribution in [3.8, 4) is 0 Å². The van der Waals surface area contributed by atoms with Crippen LogP contribution in [-0.2, 0) is 13.5 Å². The van der Waals surface area contributed by atoms with Gasteiger partial charge in [0.15, 0.2) is 0 Å². The Morgan fingerprint density at radius 3 is 2.65 bits per heavy atom. The predicted octanol–water partition coefficient (Wildman–Crippen LogP) is 2.24. The molecule has 0 spiro atoms. The van der Waals surface area contributed by atoms with Gasteiger partial charge in [-0.1, -0.05) is 6.07 Å². The number of nitrogens with one attached hydrogen (secondary N) is 1. The zero-order chi connectivity index (χ0) is 14.1. The molecule has 0 atom stereocenters. The van der Waals surface area contributed by atoms with Crippen LogP contribution in [0.5, 0.6) is 0 Å². The van der Waals surface area contributed by atoms with Crippen molar-refractivity contribution in [1.29, 1.82) is 0 Å². The summed E-state index contributed by atoms with van der Waals surface area (Å²) in [4.78, 5) is 2.57. The van der Waals surface area contributed by atoms with E-state index in [1.54, 1.807) is 0 Å². The van der Waals surface area contributed by atoms with Crippen LogP contribution in [0.4, 0.5) is 0 Å². The van der Waals surface area contributed by atoms with E-state index in [1.807, 2.05) is 0 Å². The molecule has 1 N–H and O–H groups in total. The minimum Gasteiger partial charge on any atom is -0.350 e. The molecule has 3 heteroatoms. The van der Waals surface area contributed by atoms with Crippen molar-refractivity contribution in [2.75, 3.05) is 32.7 Å². The van der Waals surface area contributed by atoms with Gasteiger partial charge in [0.25, 0.3) is 0 Å². The fraction of sp³-hybridized carbons (Fsp3) is 0.529. The molecule has 1 aromatic heterocycles. The first kappa shape index (κ1) is 13.7. The summed E-state index contributed by atoms with van der Waals surface area (Å²) in [5.41, 5.74) is 5.64. The third-order valence-corrected chi connectivity index (χ3v) is 4.42.